The molecular weight excluding hydrogens is 529 g/mol. The van der Waals surface area contributed by atoms with Crippen molar-refractivity contribution in [3.63, 3.8) is 0 Å². The average Bonchev–Trinajstić information content (AvgIpc) is 3.38. The van der Waals surface area contributed by atoms with Gasteiger partial charge >= 0.3 is 0 Å². The lowest BCUT2D eigenvalue weighted by Crippen LogP contribution is -2.52. The highest BCUT2D eigenvalue weighted by Gasteiger charge is 2.31. The molecule has 4 rings (SSSR count). The van der Waals surface area contributed by atoms with Gasteiger partial charge in [0.25, 0.3) is 5.91 Å². The van der Waals surface area contributed by atoms with Gasteiger partial charge < -0.3 is 15.2 Å². The van der Waals surface area contributed by atoms with Crippen LogP contribution in [0, 0.1) is 11.3 Å². The number of aromatic nitrogens is 2. The molecule has 1 amide bonds. The molecule has 0 fully saturated rings. The smallest absolute Gasteiger partial charge is 0.280 e. The summed E-state index contributed by atoms with van der Waals surface area (Å²) in [6.07, 6.45) is 5.19. The number of benzene rings is 3. The van der Waals surface area contributed by atoms with Crippen molar-refractivity contribution in [2.24, 2.45) is 4.99 Å². The van der Waals surface area contributed by atoms with Gasteiger partial charge in [-0.3, -0.25) is 4.79 Å². The van der Waals surface area contributed by atoms with Gasteiger partial charge in [-0.2, -0.15) is 10.3 Å². The monoisotopic (exact) mass is 548 g/mol. The molecule has 3 aromatic carbocycles. The molecule has 0 spiro atoms. The molecule has 0 saturated carbocycles. The third-order valence-electron chi connectivity index (χ3n) is 5.54. The Hall–Kier alpha value is -3.77. The zero-order valence-electron chi connectivity index (χ0n) is 19.6. The van der Waals surface area contributed by atoms with Crippen LogP contribution in [0.2, 0.25) is 15.1 Å². The van der Waals surface area contributed by atoms with Crippen LogP contribution in [0.15, 0.2) is 90.4 Å². The molecule has 0 aliphatic heterocycles. The molecule has 0 aliphatic carbocycles. The number of guanidine groups is 1. The molecule has 184 valence electrons. The Morgan fingerprint density at radius 2 is 1.84 bits per heavy atom. The number of hydrogen-bond donors (Lipinski definition) is 2. The first-order valence-electron chi connectivity index (χ1n) is 11.1. The zero-order valence-corrected chi connectivity index (χ0v) is 21.9. The number of imidazole rings is 1. The van der Waals surface area contributed by atoms with E-state index < -0.39 is 11.3 Å². The minimum atomic E-state index is -0.866. The molecular formula is C26H20BCl3N6O. The minimum Gasteiger partial charge on any atom is -0.352 e. The number of carbonyl (C=O) groups is 1. The molecule has 0 bridgehead atoms. The maximum atomic E-state index is 13.2. The Morgan fingerprint density at radius 1 is 1.08 bits per heavy atom. The molecule has 0 unspecified atom stereocenters. The molecule has 37 heavy (non-hydrogen) atoms. The van der Waals surface area contributed by atoms with Crippen molar-refractivity contribution in [1.82, 2.24) is 14.9 Å². The summed E-state index contributed by atoms with van der Waals surface area (Å²) in [5.74, 6) is -0.364. The first-order valence-corrected chi connectivity index (χ1v) is 12.2. The number of nitrogens with one attached hydrogen (secondary N) is 2. The van der Waals surface area contributed by atoms with Gasteiger partial charge in [-0.25, -0.2) is 4.98 Å². The van der Waals surface area contributed by atoms with E-state index in [4.69, 9.17) is 34.8 Å². The summed E-state index contributed by atoms with van der Waals surface area (Å²) >= 11 is 18.8. The summed E-state index contributed by atoms with van der Waals surface area (Å²) in [7, 11) is 1.93. The van der Waals surface area contributed by atoms with E-state index in [-0.39, 0.29) is 11.5 Å². The highest BCUT2D eigenvalue weighted by atomic mass is 35.5. The summed E-state index contributed by atoms with van der Waals surface area (Å²) in [5, 5.41) is 17.3. The van der Waals surface area contributed by atoms with Crippen molar-refractivity contribution >= 4 is 60.2 Å². The van der Waals surface area contributed by atoms with E-state index in [0.717, 1.165) is 5.56 Å². The van der Waals surface area contributed by atoms with E-state index in [9.17, 15) is 10.1 Å². The highest BCUT2D eigenvalue weighted by molar-refractivity contribution is 6.36. The summed E-state index contributed by atoms with van der Waals surface area (Å²) in [5.41, 5.74) is 1.16. The van der Waals surface area contributed by atoms with Crippen molar-refractivity contribution < 1.29 is 4.79 Å². The Kier molecular flexibility index (Phi) is 8.19. The van der Waals surface area contributed by atoms with Crippen LogP contribution >= 0.6 is 34.8 Å². The number of amides is 1. The first-order chi connectivity index (χ1) is 17.8. The number of nitriles is 1. The standard InChI is InChI=1S/C26H20BCl3N6O/c27-26(15-36-11-10-32-16-36,22-9-6-20(29)13-23(22)30)35-25(33-21-7-4-19(28)5-8-21)34-24(37)18-3-1-2-17(12-18)14-31/h1-13,16H,15,27H2,(H2,33,34,35,37)/t26-/m1/s1. The van der Waals surface area contributed by atoms with Gasteiger partial charge in [0.2, 0.25) is 5.96 Å². The van der Waals surface area contributed by atoms with Crippen LogP contribution in [0.1, 0.15) is 21.5 Å². The summed E-state index contributed by atoms with van der Waals surface area (Å²) < 4.78 is 1.88. The lowest BCUT2D eigenvalue weighted by atomic mass is 9.71. The lowest BCUT2D eigenvalue weighted by molar-refractivity contribution is 0.100. The third-order valence-corrected chi connectivity index (χ3v) is 6.34. The average molecular weight is 550 g/mol. The van der Waals surface area contributed by atoms with E-state index in [2.05, 4.69) is 20.6 Å². The number of rotatable bonds is 6. The minimum absolute atomic E-state index is 0.170. The second-order valence-corrected chi connectivity index (χ2v) is 9.69. The second-order valence-electron chi connectivity index (χ2n) is 8.41. The fourth-order valence-corrected chi connectivity index (χ4v) is 4.52. The fraction of sp³-hybridized carbons (Fsp3) is 0.0769. The van der Waals surface area contributed by atoms with E-state index >= 15 is 0 Å². The molecule has 7 nitrogen and oxygen atoms in total. The molecule has 1 heterocycles. The Labute approximate surface area is 230 Å². The number of hydrogen-bond acceptors (Lipinski definition) is 3. The van der Waals surface area contributed by atoms with Crippen molar-refractivity contribution in [3.05, 3.63) is 117 Å². The Balaban J connectivity index is 1.77. The van der Waals surface area contributed by atoms with Gasteiger partial charge in [-0.15, -0.1) is 0 Å². The van der Waals surface area contributed by atoms with Crippen LogP contribution in [0.3, 0.4) is 0 Å². The van der Waals surface area contributed by atoms with Crippen molar-refractivity contribution in [2.45, 2.75) is 12.0 Å². The third kappa shape index (κ3) is 6.72. The molecule has 2 N–H and O–H groups in total. The van der Waals surface area contributed by atoms with Gasteiger partial charge in [0.05, 0.1) is 23.4 Å². The van der Waals surface area contributed by atoms with E-state index in [1.165, 1.54) is 6.07 Å². The van der Waals surface area contributed by atoms with Crippen molar-refractivity contribution in [1.29, 1.82) is 5.26 Å². The molecule has 11 heteroatoms. The van der Waals surface area contributed by atoms with E-state index in [0.29, 0.717) is 32.9 Å². The van der Waals surface area contributed by atoms with Gasteiger partial charge in [0, 0.05) is 45.3 Å². The summed E-state index contributed by atoms with van der Waals surface area (Å²) in [6.45, 7) is 0.397. The zero-order chi connectivity index (χ0) is 26.4. The Morgan fingerprint density at radius 3 is 2.51 bits per heavy atom. The maximum absolute atomic E-state index is 13.2. The topological polar surface area (TPSA) is 95.1 Å². The number of carbonyl (C=O) groups excluding carboxylic acids is 1. The lowest BCUT2D eigenvalue weighted by Gasteiger charge is -2.34. The van der Waals surface area contributed by atoms with Gasteiger partial charge in [0.15, 0.2) is 0 Å². The maximum Gasteiger partial charge on any atom is 0.280 e. The van der Waals surface area contributed by atoms with Crippen LogP contribution in [0.5, 0.6) is 0 Å². The van der Waals surface area contributed by atoms with Crippen molar-refractivity contribution in [3.8, 4) is 6.07 Å². The van der Waals surface area contributed by atoms with Gasteiger partial charge in [0.1, 0.15) is 7.85 Å². The van der Waals surface area contributed by atoms with Crippen LogP contribution in [0.4, 0.5) is 5.69 Å². The second kappa shape index (κ2) is 11.5. The van der Waals surface area contributed by atoms with Crippen LogP contribution in [-0.4, -0.2) is 29.3 Å². The Bertz CT molecular complexity index is 1490. The van der Waals surface area contributed by atoms with Crippen LogP contribution in [-0.2, 0) is 12.0 Å². The predicted octanol–water partition coefficient (Wildman–Crippen LogP) is 5.10. The van der Waals surface area contributed by atoms with Gasteiger partial charge in [-0.1, -0.05) is 46.9 Å². The van der Waals surface area contributed by atoms with Crippen LogP contribution in [0.25, 0.3) is 0 Å². The molecule has 0 aliphatic rings. The largest absolute Gasteiger partial charge is 0.352 e. The first kappa shape index (κ1) is 26.3. The summed E-state index contributed by atoms with van der Waals surface area (Å²) in [6, 6.07) is 20.6. The normalized spacial score (nSPS) is 12.9. The molecule has 1 atom stereocenters. The van der Waals surface area contributed by atoms with Crippen LogP contribution < -0.4 is 10.6 Å². The summed E-state index contributed by atoms with van der Waals surface area (Å²) in [4.78, 5) is 21.6. The predicted molar refractivity (Wildman–Crippen MR) is 150 cm³/mol. The molecule has 4 aromatic rings. The van der Waals surface area contributed by atoms with E-state index in [1.54, 1.807) is 67.1 Å². The molecule has 0 radical (unpaired) electrons. The van der Waals surface area contributed by atoms with Crippen molar-refractivity contribution in [2.75, 3.05) is 5.32 Å². The number of aliphatic imine (C=N–C) groups is 1. The SMILES string of the molecule is B[C@](Cn1ccnc1)(N/C(=N/C(=O)c1cccc(C#N)c1)Nc1ccc(Cl)cc1)c1ccc(Cl)cc1Cl. The number of nitrogens with zero attached hydrogens (tertiary/aromatic N) is 4. The molecule has 1 aromatic heterocycles. The number of anilines is 1. The quantitative estimate of drug-likeness (QED) is 0.198. The highest BCUT2D eigenvalue weighted by Crippen LogP contribution is 2.30. The van der Waals surface area contributed by atoms with Gasteiger partial charge in [-0.05, 0) is 60.2 Å². The number of halogens is 3. The van der Waals surface area contributed by atoms with E-state index in [1.807, 2.05) is 30.7 Å². The molecule has 0 saturated heterocycles. The fourth-order valence-electron chi connectivity index (χ4n) is 3.78.